The Balaban J connectivity index is 2.19. The summed E-state index contributed by atoms with van der Waals surface area (Å²) in [6.45, 7) is 1.99. The highest BCUT2D eigenvalue weighted by molar-refractivity contribution is 9.10. The van der Waals surface area contributed by atoms with Gasteiger partial charge in [-0.25, -0.2) is 0 Å². The van der Waals surface area contributed by atoms with Gasteiger partial charge in [0.2, 0.25) is 0 Å². The number of likely N-dealkylation sites (N-methyl/N-ethyl adjacent to an activating group) is 1. The fraction of sp³-hybridized carbons (Fsp3) is 0.385. The number of hydrogen-bond acceptors (Lipinski definition) is 5. The molecule has 1 aromatic carbocycles. The highest BCUT2D eigenvalue weighted by Crippen LogP contribution is 2.29. The summed E-state index contributed by atoms with van der Waals surface area (Å²) in [6.07, 6.45) is 0.893. The number of ether oxygens (including phenoxy) is 1. The molecule has 0 bridgehead atoms. The van der Waals surface area contributed by atoms with Gasteiger partial charge in [-0.3, -0.25) is 0 Å². The molecule has 1 aromatic heterocycles. The molecule has 2 aromatic rings. The maximum Gasteiger partial charge on any atom is 0.133 e. The third-order valence-corrected chi connectivity index (χ3v) is 4.57. The second kappa shape index (κ2) is 6.45. The van der Waals surface area contributed by atoms with Gasteiger partial charge in [-0.15, -0.1) is 5.10 Å². The van der Waals surface area contributed by atoms with Crippen LogP contribution in [0.2, 0.25) is 0 Å². The first-order chi connectivity index (χ1) is 9.15. The van der Waals surface area contributed by atoms with Crippen molar-refractivity contribution in [1.82, 2.24) is 14.9 Å². The third kappa shape index (κ3) is 3.32. The molecule has 0 aliphatic heterocycles. The topological polar surface area (TPSA) is 47.0 Å². The minimum absolute atomic E-state index is 0.236. The van der Waals surface area contributed by atoms with Crippen molar-refractivity contribution in [3.05, 3.63) is 38.8 Å². The number of halogens is 1. The Morgan fingerprint density at radius 1 is 1.47 bits per heavy atom. The lowest BCUT2D eigenvalue weighted by molar-refractivity contribution is 0.412. The zero-order valence-corrected chi connectivity index (χ0v) is 13.5. The monoisotopic (exact) mass is 341 g/mol. The number of aromatic nitrogens is 2. The van der Waals surface area contributed by atoms with Gasteiger partial charge in [-0.1, -0.05) is 10.6 Å². The Kier molecular flexibility index (Phi) is 4.90. The summed E-state index contributed by atoms with van der Waals surface area (Å²) in [6, 6.07) is 6.38. The van der Waals surface area contributed by atoms with Crippen molar-refractivity contribution in [2.24, 2.45) is 0 Å². The van der Waals surface area contributed by atoms with Crippen molar-refractivity contribution in [2.75, 3.05) is 14.2 Å². The normalized spacial score (nSPS) is 12.4. The van der Waals surface area contributed by atoms with Gasteiger partial charge in [0.15, 0.2) is 0 Å². The average Bonchev–Trinajstić information content (AvgIpc) is 2.82. The van der Waals surface area contributed by atoms with E-state index in [0.717, 1.165) is 22.3 Å². The lowest BCUT2D eigenvalue weighted by atomic mass is 10.0. The van der Waals surface area contributed by atoms with Crippen molar-refractivity contribution in [3.63, 3.8) is 0 Å². The molecule has 0 saturated heterocycles. The van der Waals surface area contributed by atoms with Crippen LogP contribution in [-0.2, 0) is 6.42 Å². The molecule has 6 heteroatoms. The molecule has 19 heavy (non-hydrogen) atoms. The van der Waals surface area contributed by atoms with Crippen LogP contribution in [-0.4, -0.2) is 23.7 Å². The van der Waals surface area contributed by atoms with Crippen LogP contribution >= 0.6 is 27.5 Å². The molecule has 2 rings (SSSR count). The van der Waals surface area contributed by atoms with Crippen LogP contribution in [0.25, 0.3) is 0 Å². The van der Waals surface area contributed by atoms with Crippen LogP contribution in [0, 0.1) is 6.92 Å². The van der Waals surface area contributed by atoms with E-state index < -0.39 is 0 Å². The lowest BCUT2D eigenvalue weighted by Gasteiger charge is -2.15. The maximum atomic E-state index is 5.24. The molecule has 1 unspecified atom stereocenters. The number of hydrogen-bond donors (Lipinski definition) is 1. The van der Waals surface area contributed by atoms with E-state index in [1.807, 2.05) is 20.0 Å². The molecule has 0 saturated carbocycles. The summed E-state index contributed by atoms with van der Waals surface area (Å²) >= 11 is 4.97. The number of benzene rings is 1. The van der Waals surface area contributed by atoms with Gasteiger partial charge in [0, 0.05) is 6.04 Å². The third-order valence-electron chi connectivity index (χ3n) is 3.01. The molecule has 1 N–H and O–H groups in total. The van der Waals surface area contributed by atoms with E-state index in [1.54, 1.807) is 7.11 Å². The summed E-state index contributed by atoms with van der Waals surface area (Å²) in [5.41, 5.74) is 2.23. The molecule has 1 heterocycles. The zero-order valence-electron chi connectivity index (χ0n) is 11.1. The second-order valence-electron chi connectivity index (χ2n) is 4.24. The maximum absolute atomic E-state index is 5.24. The molecular formula is C13H16BrN3OS. The largest absolute Gasteiger partial charge is 0.496 e. The van der Waals surface area contributed by atoms with Crippen molar-refractivity contribution >= 4 is 27.5 Å². The van der Waals surface area contributed by atoms with E-state index in [2.05, 4.69) is 43.0 Å². The Hall–Kier alpha value is -0.980. The van der Waals surface area contributed by atoms with Gasteiger partial charge in [-0.2, -0.15) is 0 Å². The number of methoxy groups -OCH3 is 1. The predicted octanol–water partition coefficient (Wildman–Crippen LogP) is 3.12. The van der Waals surface area contributed by atoms with Crippen LogP contribution in [0.4, 0.5) is 0 Å². The highest BCUT2D eigenvalue weighted by atomic mass is 79.9. The number of nitrogens with one attached hydrogen (secondary N) is 1. The predicted molar refractivity (Wildman–Crippen MR) is 80.8 cm³/mol. The Morgan fingerprint density at radius 3 is 2.79 bits per heavy atom. The summed E-state index contributed by atoms with van der Waals surface area (Å²) in [4.78, 5) is 1.19. The van der Waals surface area contributed by atoms with E-state index in [0.29, 0.717) is 0 Å². The Morgan fingerprint density at radius 2 is 2.26 bits per heavy atom. The molecule has 4 nitrogen and oxygen atoms in total. The van der Waals surface area contributed by atoms with E-state index in [1.165, 1.54) is 22.0 Å². The first kappa shape index (κ1) is 14.4. The molecule has 0 aliphatic rings. The molecular weight excluding hydrogens is 326 g/mol. The minimum atomic E-state index is 0.236. The molecule has 0 fully saturated rings. The molecule has 0 radical (unpaired) electrons. The number of rotatable bonds is 5. The Labute approximate surface area is 125 Å². The van der Waals surface area contributed by atoms with E-state index in [9.17, 15) is 0 Å². The quantitative estimate of drug-likeness (QED) is 0.907. The molecule has 0 amide bonds. The zero-order chi connectivity index (χ0) is 13.8. The summed E-state index contributed by atoms with van der Waals surface area (Å²) in [7, 11) is 3.63. The van der Waals surface area contributed by atoms with E-state index >= 15 is 0 Å². The fourth-order valence-electron chi connectivity index (χ4n) is 1.96. The van der Waals surface area contributed by atoms with E-state index in [-0.39, 0.29) is 6.04 Å². The minimum Gasteiger partial charge on any atom is -0.496 e. The van der Waals surface area contributed by atoms with E-state index in [4.69, 9.17) is 4.74 Å². The first-order valence-corrected chi connectivity index (χ1v) is 7.51. The SMILES string of the molecule is CNC(Cc1ccc(OC)c(Br)c1)c1snnc1C. The highest BCUT2D eigenvalue weighted by Gasteiger charge is 2.16. The Bertz CT molecular complexity index is 559. The summed E-state index contributed by atoms with van der Waals surface area (Å²) in [5, 5.41) is 7.40. The van der Waals surface area contributed by atoms with Crippen molar-refractivity contribution in [1.29, 1.82) is 0 Å². The second-order valence-corrected chi connectivity index (χ2v) is 5.88. The van der Waals surface area contributed by atoms with Gasteiger partial charge < -0.3 is 10.1 Å². The first-order valence-electron chi connectivity index (χ1n) is 5.94. The average molecular weight is 342 g/mol. The number of nitrogens with zero attached hydrogens (tertiary/aromatic N) is 2. The van der Waals surface area contributed by atoms with Gasteiger partial charge in [-0.05, 0) is 65.6 Å². The number of aryl methyl sites for hydroxylation is 1. The van der Waals surface area contributed by atoms with Crippen molar-refractivity contribution in [3.8, 4) is 5.75 Å². The van der Waals surface area contributed by atoms with Gasteiger partial charge in [0.25, 0.3) is 0 Å². The van der Waals surface area contributed by atoms with Crippen LogP contribution in [0.3, 0.4) is 0 Å². The van der Waals surface area contributed by atoms with Crippen molar-refractivity contribution < 1.29 is 4.74 Å². The van der Waals surface area contributed by atoms with Crippen LogP contribution in [0.15, 0.2) is 22.7 Å². The van der Waals surface area contributed by atoms with Gasteiger partial charge in [0.05, 0.1) is 22.2 Å². The summed E-state index contributed by atoms with van der Waals surface area (Å²) < 4.78 is 10.2. The van der Waals surface area contributed by atoms with Crippen LogP contribution in [0.1, 0.15) is 22.2 Å². The molecule has 0 aliphatic carbocycles. The standard InChI is InChI=1S/C13H16BrN3OS/c1-8-13(19-17-16-8)11(15-2)7-9-4-5-12(18-3)10(14)6-9/h4-6,11,15H,7H2,1-3H3. The molecule has 102 valence electrons. The smallest absolute Gasteiger partial charge is 0.133 e. The molecule has 0 spiro atoms. The van der Waals surface area contributed by atoms with Crippen LogP contribution in [0.5, 0.6) is 5.75 Å². The fourth-order valence-corrected chi connectivity index (χ4v) is 3.30. The van der Waals surface area contributed by atoms with Gasteiger partial charge in [0.1, 0.15) is 5.75 Å². The molecule has 1 atom stereocenters. The van der Waals surface area contributed by atoms with Gasteiger partial charge >= 0.3 is 0 Å². The van der Waals surface area contributed by atoms with Crippen LogP contribution < -0.4 is 10.1 Å². The van der Waals surface area contributed by atoms with Crippen molar-refractivity contribution in [2.45, 2.75) is 19.4 Å². The summed E-state index contributed by atoms with van der Waals surface area (Å²) in [5.74, 6) is 0.848. The lowest BCUT2D eigenvalue weighted by Crippen LogP contribution is -2.18.